The molecule has 1 aromatic heterocycles. The quantitative estimate of drug-likeness (QED) is 0.831. The predicted molar refractivity (Wildman–Crippen MR) is 76.8 cm³/mol. The molecule has 2 rings (SSSR count). The van der Waals surface area contributed by atoms with Crippen molar-refractivity contribution in [3.63, 3.8) is 0 Å². The van der Waals surface area contributed by atoms with Crippen LogP contribution >= 0.6 is 0 Å². The van der Waals surface area contributed by atoms with Crippen molar-refractivity contribution in [2.75, 3.05) is 4.72 Å². The van der Waals surface area contributed by atoms with Gasteiger partial charge in [-0.3, -0.25) is 14.2 Å². The van der Waals surface area contributed by atoms with E-state index in [1.807, 2.05) is 0 Å². The molecule has 2 aromatic rings. The summed E-state index contributed by atoms with van der Waals surface area (Å²) in [6.07, 6.45) is -2.14. The Morgan fingerprint density at radius 3 is 2.48 bits per heavy atom. The van der Waals surface area contributed by atoms with E-state index < -0.39 is 28.1 Å². The molecule has 0 atom stereocenters. The smallest absolute Gasteiger partial charge is 0.307 e. The molecular weight excluding hydrogens is 332 g/mol. The van der Waals surface area contributed by atoms with Crippen molar-refractivity contribution in [2.24, 2.45) is 7.05 Å². The van der Waals surface area contributed by atoms with Gasteiger partial charge in [0.15, 0.2) is 0 Å². The van der Waals surface area contributed by atoms with Gasteiger partial charge in [-0.05, 0) is 17.7 Å². The average Bonchev–Trinajstić information content (AvgIpc) is 2.79. The maximum absolute atomic E-state index is 12.9. The molecule has 7 nitrogen and oxygen atoms in total. The van der Waals surface area contributed by atoms with E-state index >= 15 is 0 Å². The van der Waals surface area contributed by atoms with Crippen LogP contribution in [0.5, 0.6) is 0 Å². The third-order valence-electron chi connectivity index (χ3n) is 3.02. The molecule has 0 fully saturated rings. The number of nitrogens with one attached hydrogen (secondary N) is 1. The second kappa shape index (κ2) is 6.32. The number of hydrogen-bond donors (Lipinski definition) is 2. The molecule has 0 saturated carbocycles. The third-order valence-corrected chi connectivity index (χ3v) is 4.41. The highest BCUT2D eigenvalue weighted by molar-refractivity contribution is 7.92. The molecule has 1 aromatic carbocycles. The van der Waals surface area contributed by atoms with Crippen molar-refractivity contribution < 1.29 is 27.1 Å². The molecule has 0 saturated heterocycles. The normalized spacial score (nSPS) is 11.7. The van der Waals surface area contributed by atoms with Gasteiger partial charge in [0.05, 0.1) is 23.2 Å². The van der Waals surface area contributed by atoms with Crippen molar-refractivity contribution in [1.29, 1.82) is 0 Å². The number of carbonyl (C=O) groups is 1. The van der Waals surface area contributed by atoms with Gasteiger partial charge in [0.1, 0.15) is 5.69 Å². The lowest BCUT2D eigenvalue weighted by molar-refractivity contribution is -0.136. The molecular formula is C13H13F2N3O4S. The molecule has 1 heterocycles. The lowest BCUT2D eigenvalue weighted by atomic mass is 10.2. The summed E-state index contributed by atoms with van der Waals surface area (Å²) in [4.78, 5) is 10.4. The van der Waals surface area contributed by atoms with E-state index in [2.05, 4.69) is 9.82 Å². The monoisotopic (exact) mass is 345 g/mol. The number of hydrogen-bond acceptors (Lipinski definition) is 4. The zero-order valence-electron chi connectivity index (χ0n) is 11.9. The van der Waals surface area contributed by atoms with Gasteiger partial charge in [-0.2, -0.15) is 5.10 Å². The first-order chi connectivity index (χ1) is 10.7. The Kier molecular flexibility index (Phi) is 4.64. The predicted octanol–water partition coefficient (Wildman–Crippen LogP) is 1.79. The van der Waals surface area contributed by atoms with E-state index in [0.29, 0.717) is 5.56 Å². The molecule has 0 aliphatic rings. The standard InChI is InChI=1S/C13H13F2N3O4S/c1-18-12(13(14)15)10(7-16-18)17-23(21,22)9-4-2-8(3-5-9)6-11(19)20/h2-5,7,13,17H,6H2,1H3,(H,19,20). The van der Waals surface area contributed by atoms with Crippen molar-refractivity contribution in [3.8, 4) is 0 Å². The number of carboxylic acids is 1. The van der Waals surface area contributed by atoms with Crippen molar-refractivity contribution in [3.05, 3.63) is 41.7 Å². The summed E-state index contributed by atoms with van der Waals surface area (Å²) in [5.74, 6) is -1.05. The summed E-state index contributed by atoms with van der Waals surface area (Å²) in [5.41, 5.74) is -0.431. The van der Waals surface area contributed by atoms with Crippen LogP contribution < -0.4 is 4.72 Å². The van der Waals surface area contributed by atoms with Crippen LogP contribution in [-0.2, 0) is 28.3 Å². The minimum Gasteiger partial charge on any atom is -0.481 e. The van der Waals surface area contributed by atoms with Crippen LogP contribution in [0.15, 0.2) is 35.4 Å². The zero-order chi connectivity index (χ0) is 17.2. The number of alkyl halides is 2. The van der Waals surface area contributed by atoms with Gasteiger partial charge in [0, 0.05) is 7.05 Å². The fourth-order valence-electron chi connectivity index (χ4n) is 1.95. The first-order valence-electron chi connectivity index (χ1n) is 6.34. The largest absolute Gasteiger partial charge is 0.481 e. The van der Waals surface area contributed by atoms with Crippen molar-refractivity contribution in [1.82, 2.24) is 9.78 Å². The van der Waals surface area contributed by atoms with E-state index in [1.165, 1.54) is 31.3 Å². The molecule has 0 aliphatic heterocycles. The highest BCUT2D eigenvalue weighted by atomic mass is 32.2. The van der Waals surface area contributed by atoms with E-state index in [4.69, 9.17) is 5.11 Å². The second-order valence-electron chi connectivity index (χ2n) is 4.69. The topological polar surface area (TPSA) is 101 Å². The van der Waals surface area contributed by atoms with Crippen LogP contribution in [0.4, 0.5) is 14.5 Å². The fourth-order valence-corrected chi connectivity index (χ4v) is 3.01. The van der Waals surface area contributed by atoms with Gasteiger partial charge in [-0.1, -0.05) is 12.1 Å². The van der Waals surface area contributed by atoms with Crippen molar-refractivity contribution in [2.45, 2.75) is 17.7 Å². The molecule has 23 heavy (non-hydrogen) atoms. The van der Waals surface area contributed by atoms with Crippen LogP contribution in [0.1, 0.15) is 17.7 Å². The van der Waals surface area contributed by atoms with E-state index in [1.54, 1.807) is 0 Å². The Morgan fingerprint density at radius 1 is 1.35 bits per heavy atom. The maximum Gasteiger partial charge on any atom is 0.307 e. The number of carboxylic acid groups (broad SMARTS) is 1. The molecule has 10 heteroatoms. The summed E-state index contributed by atoms with van der Waals surface area (Å²) in [6.45, 7) is 0. The van der Waals surface area contributed by atoms with Crippen LogP contribution in [-0.4, -0.2) is 29.3 Å². The van der Waals surface area contributed by atoms with Crippen molar-refractivity contribution >= 4 is 21.7 Å². The molecule has 124 valence electrons. The Bertz CT molecular complexity index is 816. The first-order valence-corrected chi connectivity index (χ1v) is 7.82. The Labute approximate surface area is 130 Å². The number of aryl methyl sites for hydroxylation is 1. The van der Waals surface area contributed by atoms with E-state index in [0.717, 1.165) is 10.9 Å². The van der Waals surface area contributed by atoms with Crippen LogP contribution in [0.3, 0.4) is 0 Å². The number of nitrogens with zero attached hydrogens (tertiary/aromatic N) is 2. The number of sulfonamides is 1. The Balaban J connectivity index is 2.27. The van der Waals surface area contributed by atoms with Crippen LogP contribution in [0.2, 0.25) is 0 Å². The van der Waals surface area contributed by atoms with Crippen LogP contribution in [0.25, 0.3) is 0 Å². The Hall–Kier alpha value is -2.49. The minimum absolute atomic E-state index is 0.171. The van der Waals surface area contributed by atoms with Gasteiger partial charge >= 0.3 is 5.97 Å². The zero-order valence-corrected chi connectivity index (χ0v) is 12.7. The van der Waals surface area contributed by atoms with Gasteiger partial charge in [-0.15, -0.1) is 0 Å². The molecule has 0 amide bonds. The number of aliphatic carboxylic acids is 1. The average molecular weight is 345 g/mol. The summed E-state index contributed by atoms with van der Waals surface area (Å²) in [6, 6.07) is 5.11. The number of benzene rings is 1. The van der Waals surface area contributed by atoms with Crippen LogP contribution in [0, 0.1) is 0 Å². The number of aromatic nitrogens is 2. The van der Waals surface area contributed by atoms with Gasteiger partial charge in [-0.25, -0.2) is 17.2 Å². The second-order valence-corrected chi connectivity index (χ2v) is 6.37. The SMILES string of the molecule is Cn1ncc(NS(=O)(=O)c2ccc(CC(=O)O)cc2)c1C(F)F. The lowest BCUT2D eigenvalue weighted by Crippen LogP contribution is -2.14. The van der Waals surface area contributed by atoms with Gasteiger partial charge in [0.25, 0.3) is 16.4 Å². The molecule has 0 unspecified atom stereocenters. The third kappa shape index (κ3) is 3.83. The molecule has 0 radical (unpaired) electrons. The number of halogens is 2. The summed E-state index contributed by atoms with van der Waals surface area (Å²) in [5, 5.41) is 12.3. The molecule has 2 N–H and O–H groups in total. The lowest BCUT2D eigenvalue weighted by Gasteiger charge is -2.09. The summed E-state index contributed by atoms with van der Waals surface area (Å²) in [7, 11) is -2.81. The van der Waals surface area contributed by atoms with E-state index in [-0.39, 0.29) is 17.0 Å². The molecule has 0 bridgehead atoms. The molecule has 0 aliphatic carbocycles. The highest BCUT2D eigenvalue weighted by Crippen LogP contribution is 2.28. The molecule has 0 spiro atoms. The minimum atomic E-state index is -4.09. The van der Waals surface area contributed by atoms with Gasteiger partial charge < -0.3 is 5.11 Å². The maximum atomic E-state index is 12.9. The van der Waals surface area contributed by atoms with Gasteiger partial charge in [0.2, 0.25) is 0 Å². The number of anilines is 1. The Morgan fingerprint density at radius 2 is 1.96 bits per heavy atom. The highest BCUT2D eigenvalue weighted by Gasteiger charge is 2.23. The van der Waals surface area contributed by atoms with E-state index in [9.17, 15) is 22.0 Å². The fraction of sp³-hybridized carbons (Fsp3) is 0.231. The first kappa shape index (κ1) is 16.9. The number of rotatable bonds is 6. The summed E-state index contributed by atoms with van der Waals surface area (Å²) >= 11 is 0. The summed E-state index contributed by atoms with van der Waals surface area (Å²) < 4.78 is 53.2.